The molecular weight excluding hydrogens is 1030 g/mol. The third-order valence-corrected chi connectivity index (χ3v) is 17.6. The third kappa shape index (κ3) is 38.0. The summed E-state index contributed by atoms with van der Waals surface area (Å²) in [5, 5.41) is 87.3. The summed E-state index contributed by atoms with van der Waals surface area (Å²) in [5.41, 5.74) is 0. The van der Waals surface area contributed by atoms with Gasteiger partial charge in [0.15, 0.2) is 12.6 Å². The summed E-state index contributed by atoms with van der Waals surface area (Å²) in [6.07, 6.45) is 45.8. The van der Waals surface area contributed by atoms with Crippen molar-refractivity contribution >= 4 is 5.91 Å². The lowest BCUT2D eigenvalue weighted by Gasteiger charge is -2.46. The van der Waals surface area contributed by atoms with Gasteiger partial charge >= 0.3 is 0 Å². The molecule has 81 heavy (non-hydrogen) atoms. The highest BCUT2D eigenvalue weighted by atomic mass is 16.7. The van der Waals surface area contributed by atoms with E-state index in [0.717, 1.165) is 51.4 Å². The molecule has 14 heteroatoms. The Bertz CT molecular complexity index is 1360. The van der Waals surface area contributed by atoms with Crippen molar-refractivity contribution in [1.29, 1.82) is 0 Å². The summed E-state index contributed by atoms with van der Waals surface area (Å²) in [6, 6.07) is -0.822. The van der Waals surface area contributed by atoms with Crippen molar-refractivity contribution in [1.82, 2.24) is 5.32 Å². The number of aliphatic hydroxyl groups excluding tert-OH is 8. The Balaban J connectivity index is 1.56. The number of unbranched alkanes of at least 4 members (excludes halogenated alkanes) is 45. The van der Waals surface area contributed by atoms with E-state index in [1.54, 1.807) is 0 Å². The number of carbonyl (C=O) groups excluding carboxylic acids is 1. The van der Waals surface area contributed by atoms with Gasteiger partial charge in [-0.05, 0) is 12.8 Å². The molecule has 0 aliphatic carbocycles. The fraction of sp³-hybridized carbons (Fsp3) is 0.985. The number of rotatable bonds is 58. The Morgan fingerprint density at radius 1 is 0.395 bits per heavy atom. The van der Waals surface area contributed by atoms with Crippen molar-refractivity contribution in [3.05, 3.63) is 0 Å². The zero-order valence-corrected chi connectivity index (χ0v) is 52.3. The molecule has 2 aliphatic heterocycles. The standard InChI is InChI=1S/C67H131NO13/c1-3-5-7-9-11-13-15-17-18-19-20-21-22-23-24-25-26-27-28-29-30-31-32-33-34-35-36-37-38-39-41-43-45-47-49-51-59(72)68-55(56(71)50-48-46-44-42-40-16-14-12-10-8-6-4-2)54-78-66-64(77)62(75)65(58(53-70)80-66)81-67-63(76)61(74)60(73)57(52-69)79-67/h55-58,60-67,69-71,73-77H,3-54H2,1-2H3,(H,68,72)/t55-,56+,57+,58+,60-,61?,62?,63?,64?,65+,66+,67-/m0/s1. The Kier molecular flexibility index (Phi) is 50.0. The quantitative estimate of drug-likeness (QED) is 0.0259. The fourth-order valence-corrected chi connectivity index (χ4v) is 12.0. The van der Waals surface area contributed by atoms with Crippen LogP contribution in [0.3, 0.4) is 0 Å². The lowest BCUT2D eigenvalue weighted by Crippen LogP contribution is -2.65. The molecule has 14 nitrogen and oxygen atoms in total. The zero-order chi connectivity index (χ0) is 58.8. The van der Waals surface area contributed by atoms with Gasteiger partial charge in [0.1, 0.15) is 48.8 Å². The van der Waals surface area contributed by atoms with Crippen LogP contribution in [0.25, 0.3) is 0 Å². The minimum Gasteiger partial charge on any atom is -0.394 e. The van der Waals surface area contributed by atoms with Gasteiger partial charge in [0.05, 0.1) is 32.0 Å². The van der Waals surface area contributed by atoms with Gasteiger partial charge in [-0.3, -0.25) is 4.79 Å². The monoisotopic (exact) mass is 1160 g/mol. The number of carbonyl (C=O) groups is 1. The van der Waals surface area contributed by atoms with E-state index in [9.17, 15) is 45.6 Å². The molecular formula is C67H131NO13. The predicted molar refractivity (Wildman–Crippen MR) is 328 cm³/mol. The van der Waals surface area contributed by atoms with Crippen LogP contribution in [0, 0.1) is 0 Å². The largest absolute Gasteiger partial charge is 0.394 e. The molecule has 0 radical (unpaired) electrons. The van der Waals surface area contributed by atoms with E-state index in [2.05, 4.69) is 19.2 Å². The molecule has 0 aromatic heterocycles. The lowest BCUT2D eigenvalue weighted by molar-refractivity contribution is -0.359. The van der Waals surface area contributed by atoms with Crippen LogP contribution in [0.15, 0.2) is 0 Å². The SMILES string of the molecule is CCCCCCCCCCCCCCCCCCCCCCCCCCCCCCCCCCCCCC(=O)N[C@@H](CO[C@@H]1O[C@H](CO)[C@@H](O[C@@H]2O[C@H](CO)[C@H](O)C(O)C2O)C(O)C1O)[C@H](O)CCCCCCCCCCCCCC. The first-order valence-corrected chi connectivity index (χ1v) is 34.8. The molecule has 1 amide bonds. The Morgan fingerprint density at radius 3 is 1.05 bits per heavy atom. The van der Waals surface area contributed by atoms with Crippen LogP contribution < -0.4 is 5.32 Å². The number of nitrogens with one attached hydrogen (secondary N) is 1. The molecule has 12 atom stereocenters. The maximum absolute atomic E-state index is 13.3. The van der Waals surface area contributed by atoms with Crippen LogP contribution >= 0.6 is 0 Å². The summed E-state index contributed by atoms with van der Waals surface area (Å²) >= 11 is 0. The van der Waals surface area contributed by atoms with Crippen molar-refractivity contribution in [3.63, 3.8) is 0 Å². The predicted octanol–water partition coefficient (Wildman–Crippen LogP) is 13.6. The number of ether oxygens (including phenoxy) is 4. The Labute approximate surface area is 495 Å². The molecule has 9 N–H and O–H groups in total. The highest BCUT2D eigenvalue weighted by Crippen LogP contribution is 2.30. The highest BCUT2D eigenvalue weighted by Gasteiger charge is 2.51. The first kappa shape index (κ1) is 76.1. The molecule has 0 aromatic rings. The summed E-state index contributed by atoms with van der Waals surface area (Å²) in [5.74, 6) is -0.199. The Morgan fingerprint density at radius 2 is 0.704 bits per heavy atom. The second-order valence-corrected chi connectivity index (χ2v) is 25.0. The molecule has 2 aliphatic rings. The first-order valence-electron chi connectivity index (χ1n) is 34.8. The van der Waals surface area contributed by atoms with Gasteiger partial charge in [-0.1, -0.05) is 309 Å². The van der Waals surface area contributed by atoms with Gasteiger partial charge in [-0.2, -0.15) is 0 Å². The molecule has 4 unspecified atom stereocenters. The van der Waals surface area contributed by atoms with Crippen molar-refractivity contribution in [2.24, 2.45) is 0 Å². The van der Waals surface area contributed by atoms with E-state index >= 15 is 0 Å². The number of amides is 1. The van der Waals surface area contributed by atoms with Crippen LogP contribution in [0.4, 0.5) is 0 Å². The maximum atomic E-state index is 13.3. The second kappa shape index (κ2) is 53.2. The molecule has 2 rings (SSSR count). The molecule has 2 saturated heterocycles. The van der Waals surface area contributed by atoms with Crippen LogP contribution in [0.1, 0.15) is 328 Å². The average Bonchev–Trinajstić information content (AvgIpc) is 3.46. The van der Waals surface area contributed by atoms with E-state index < -0.39 is 86.8 Å². The molecule has 0 spiro atoms. The van der Waals surface area contributed by atoms with Gasteiger partial charge < -0.3 is 65.1 Å². The summed E-state index contributed by atoms with van der Waals surface area (Å²) in [4.78, 5) is 13.3. The molecule has 2 heterocycles. The Hall–Kier alpha value is -1.01. The van der Waals surface area contributed by atoms with E-state index in [1.807, 2.05) is 0 Å². The molecule has 2 fully saturated rings. The van der Waals surface area contributed by atoms with Gasteiger partial charge in [-0.15, -0.1) is 0 Å². The van der Waals surface area contributed by atoms with Crippen molar-refractivity contribution in [2.45, 2.75) is 402 Å². The van der Waals surface area contributed by atoms with Crippen LogP contribution in [0.5, 0.6) is 0 Å². The lowest BCUT2D eigenvalue weighted by atomic mass is 9.97. The summed E-state index contributed by atoms with van der Waals surface area (Å²) < 4.78 is 22.9. The van der Waals surface area contributed by atoms with E-state index in [0.29, 0.717) is 12.8 Å². The van der Waals surface area contributed by atoms with Crippen LogP contribution in [-0.4, -0.2) is 140 Å². The summed E-state index contributed by atoms with van der Waals surface area (Å²) in [6.45, 7) is 2.90. The molecule has 0 bridgehead atoms. The van der Waals surface area contributed by atoms with Gasteiger partial charge in [0, 0.05) is 6.42 Å². The van der Waals surface area contributed by atoms with Crippen molar-refractivity contribution in [2.75, 3.05) is 19.8 Å². The number of aliphatic hydroxyl groups is 8. The topological polar surface area (TPSA) is 228 Å². The maximum Gasteiger partial charge on any atom is 0.220 e. The number of hydrogen-bond acceptors (Lipinski definition) is 13. The molecule has 482 valence electrons. The highest BCUT2D eigenvalue weighted by molar-refractivity contribution is 5.76. The van der Waals surface area contributed by atoms with E-state index in [-0.39, 0.29) is 12.5 Å². The van der Waals surface area contributed by atoms with Gasteiger partial charge in [-0.25, -0.2) is 0 Å². The molecule has 0 aromatic carbocycles. The molecule has 0 saturated carbocycles. The first-order chi connectivity index (χ1) is 39.6. The van der Waals surface area contributed by atoms with Crippen molar-refractivity contribution in [3.8, 4) is 0 Å². The van der Waals surface area contributed by atoms with Crippen LogP contribution in [0.2, 0.25) is 0 Å². The third-order valence-electron chi connectivity index (χ3n) is 17.6. The van der Waals surface area contributed by atoms with E-state index in [4.69, 9.17) is 18.9 Å². The van der Waals surface area contributed by atoms with Gasteiger partial charge in [0.25, 0.3) is 0 Å². The smallest absolute Gasteiger partial charge is 0.220 e. The van der Waals surface area contributed by atoms with Gasteiger partial charge in [0.2, 0.25) is 5.91 Å². The minimum atomic E-state index is -1.78. The summed E-state index contributed by atoms with van der Waals surface area (Å²) in [7, 11) is 0. The average molecular weight is 1160 g/mol. The van der Waals surface area contributed by atoms with E-state index in [1.165, 1.54) is 250 Å². The second-order valence-electron chi connectivity index (χ2n) is 25.0. The normalized spacial score (nSPS) is 24.0. The van der Waals surface area contributed by atoms with Crippen LogP contribution in [-0.2, 0) is 23.7 Å². The zero-order valence-electron chi connectivity index (χ0n) is 52.3. The number of hydrogen-bond donors (Lipinski definition) is 9. The fourth-order valence-electron chi connectivity index (χ4n) is 12.0. The van der Waals surface area contributed by atoms with Crippen molar-refractivity contribution < 1.29 is 64.6 Å². The minimum absolute atomic E-state index is 0.199.